The zero-order valence-electron chi connectivity index (χ0n) is 16.4. The lowest BCUT2D eigenvalue weighted by molar-refractivity contribution is -0.159. The summed E-state index contributed by atoms with van der Waals surface area (Å²) in [5.74, 6) is -0.606. The molecule has 0 heterocycles. The van der Waals surface area contributed by atoms with Gasteiger partial charge in [-0.1, -0.05) is 6.92 Å². The van der Waals surface area contributed by atoms with Crippen LogP contribution in [-0.4, -0.2) is 47.7 Å². The van der Waals surface area contributed by atoms with Gasteiger partial charge in [-0.15, -0.1) is 0 Å². The Labute approximate surface area is 165 Å². The minimum absolute atomic E-state index is 0. The lowest BCUT2D eigenvalue weighted by atomic mass is 9.70. The Morgan fingerprint density at radius 3 is 1.93 bits per heavy atom. The van der Waals surface area contributed by atoms with Crippen molar-refractivity contribution in [1.29, 1.82) is 0 Å². The molecule has 3 rings (SSSR count). The van der Waals surface area contributed by atoms with Crippen molar-refractivity contribution >= 4 is 5.97 Å². The standard InChI is InChI=1S/C20H30F4O2.2H2O.H2/c1-11-2-4-12(5-3-11)20(25)26-14-6-7-15(16(21)10-14)13-8-17(22)19(24)18(23)9-13;;;/h11-19H,2-10H2,1H3;2*1H2;1H. The number of esters is 1. The van der Waals surface area contributed by atoms with Gasteiger partial charge in [0.15, 0.2) is 6.17 Å². The molecule has 4 N–H and O–H groups in total. The number of carbonyl (C=O) groups excluding carboxylic acids is 1. The molecule has 5 unspecified atom stereocenters. The van der Waals surface area contributed by atoms with Crippen molar-refractivity contribution in [2.45, 2.75) is 95.5 Å². The minimum Gasteiger partial charge on any atom is -0.462 e. The Kier molecular flexibility index (Phi) is 9.67. The number of ether oxygens (including phenoxy) is 1. The topological polar surface area (TPSA) is 89.3 Å². The zero-order valence-corrected chi connectivity index (χ0v) is 16.4. The zero-order chi connectivity index (χ0) is 18.8. The molecule has 0 aromatic heterocycles. The van der Waals surface area contributed by atoms with E-state index in [0.717, 1.165) is 25.7 Å². The molecule has 0 radical (unpaired) electrons. The van der Waals surface area contributed by atoms with Crippen LogP contribution in [-0.2, 0) is 9.53 Å². The highest BCUT2D eigenvalue weighted by atomic mass is 19.2. The monoisotopic (exact) mass is 416 g/mol. The lowest BCUT2D eigenvalue weighted by Gasteiger charge is -2.40. The van der Waals surface area contributed by atoms with Crippen LogP contribution in [0, 0.1) is 23.7 Å². The number of hydrogen-bond donors (Lipinski definition) is 0. The van der Waals surface area contributed by atoms with Gasteiger partial charge in [0.1, 0.15) is 24.6 Å². The normalized spacial score (nSPS) is 44.0. The maximum absolute atomic E-state index is 14.6. The fourth-order valence-electron chi connectivity index (χ4n) is 5.01. The lowest BCUT2D eigenvalue weighted by Crippen LogP contribution is -2.44. The van der Waals surface area contributed by atoms with Gasteiger partial charge in [-0.25, -0.2) is 17.6 Å². The molecule has 3 aliphatic rings. The van der Waals surface area contributed by atoms with Crippen molar-refractivity contribution in [3.8, 4) is 0 Å². The van der Waals surface area contributed by atoms with Crippen LogP contribution in [0.25, 0.3) is 0 Å². The van der Waals surface area contributed by atoms with Gasteiger partial charge in [-0.05, 0) is 69.1 Å². The Morgan fingerprint density at radius 2 is 1.39 bits per heavy atom. The van der Waals surface area contributed by atoms with E-state index < -0.39 is 42.6 Å². The molecule has 8 heteroatoms. The molecule has 4 nitrogen and oxygen atoms in total. The Hall–Kier alpha value is -0.890. The molecular weight excluding hydrogens is 380 g/mol. The van der Waals surface area contributed by atoms with Gasteiger partial charge >= 0.3 is 5.97 Å². The van der Waals surface area contributed by atoms with Gasteiger partial charge < -0.3 is 15.7 Å². The molecule has 0 saturated heterocycles. The SMILES string of the molecule is CC1CCC(C(=O)OC2CCC(C3CC(F)C(F)C(F)C3)C(F)C2)CC1.O.O.[HH]. The maximum Gasteiger partial charge on any atom is 0.309 e. The van der Waals surface area contributed by atoms with E-state index in [-0.39, 0.29) is 43.5 Å². The van der Waals surface area contributed by atoms with E-state index in [1.165, 1.54) is 0 Å². The van der Waals surface area contributed by atoms with Gasteiger partial charge in [0.25, 0.3) is 0 Å². The van der Waals surface area contributed by atoms with E-state index in [9.17, 15) is 22.4 Å². The molecule has 3 saturated carbocycles. The molecule has 168 valence electrons. The summed E-state index contributed by atoms with van der Waals surface area (Å²) in [5.41, 5.74) is 0. The smallest absolute Gasteiger partial charge is 0.309 e. The molecule has 28 heavy (non-hydrogen) atoms. The molecule has 0 aliphatic heterocycles. The summed E-state index contributed by atoms with van der Waals surface area (Å²) in [5, 5.41) is 0. The highest BCUT2D eigenvalue weighted by Gasteiger charge is 2.45. The Balaban J connectivity index is 0.00000261. The van der Waals surface area contributed by atoms with Crippen molar-refractivity contribution in [3.05, 3.63) is 0 Å². The fourth-order valence-corrected chi connectivity index (χ4v) is 5.01. The molecule has 3 fully saturated rings. The predicted octanol–water partition coefficient (Wildman–Crippen LogP) is 3.88. The first-order valence-electron chi connectivity index (χ1n) is 10.1. The highest BCUT2D eigenvalue weighted by molar-refractivity contribution is 5.72. The summed E-state index contributed by atoms with van der Waals surface area (Å²) in [6.45, 7) is 2.18. The average molecular weight is 416 g/mol. The summed E-state index contributed by atoms with van der Waals surface area (Å²) in [4.78, 5) is 12.3. The molecule has 5 atom stereocenters. The first-order chi connectivity index (χ1) is 12.3. The average Bonchev–Trinajstić information content (AvgIpc) is 2.60. The second kappa shape index (κ2) is 10.8. The summed E-state index contributed by atoms with van der Waals surface area (Å²) >= 11 is 0. The molecule has 0 bridgehead atoms. The quantitative estimate of drug-likeness (QED) is 0.516. The first kappa shape index (κ1) is 25.1. The number of rotatable bonds is 3. The van der Waals surface area contributed by atoms with Crippen LogP contribution in [0.5, 0.6) is 0 Å². The second-order valence-electron chi connectivity index (χ2n) is 8.72. The van der Waals surface area contributed by atoms with Crippen molar-refractivity contribution in [2.75, 3.05) is 0 Å². The van der Waals surface area contributed by atoms with Crippen molar-refractivity contribution < 1.29 is 39.5 Å². The van der Waals surface area contributed by atoms with Crippen LogP contribution in [0.15, 0.2) is 0 Å². The maximum atomic E-state index is 14.6. The van der Waals surface area contributed by atoms with Crippen molar-refractivity contribution in [2.24, 2.45) is 23.7 Å². The Morgan fingerprint density at radius 1 is 0.821 bits per heavy atom. The van der Waals surface area contributed by atoms with E-state index in [1.54, 1.807) is 0 Å². The molecule has 0 aromatic carbocycles. The van der Waals surface area contributed by atoms with Crippen LogP contribution in [0.2, 0.25) is 0 Å². The third kappa shape index (κ3) is 5.81. The van der Waals surface area contributed by atoms with E-state index in [0.29, 0.717) is 18.8 Å². The highest BCUT2D eigenvalue weighted by Crippen LogP contribution is 2.43. The summed E-state index contributed by atoms with van der Waals surface area (Å²) < 4.78 is 60.8. The third-order valence-corrected chi connectivity index (χ3v) is 6.76. The van der Waals surface area contributed by atoms with Crippen molar-refractivity contribution in [1.82, 2.24) is 0 Å². The van der Waals surface area contributed by atoms with E-state index in [4.69, 9.17) is 4.74 Å². The van der Waals surface area contributed by atoms with Crippen LogP contribution in [0.4, 0.5) is 17.6 Å². The predicted molar refractivity (Wildman–Crippen MR) is 100.0 cm³/mol. The van der Waals surface area contributed by atoms with E-state index in [2.05, 4.69) is 6.92 Å². The van der Waals surface area contributed by atoms with Gasteiger partial charge in [-0.2, -0.15) is 0 Å². The molecule has 0 amide bonds. The minimum atomic E-state index is -2.08. The van der Waals surface area contributed by atoms with E-state index in [1.807, 2.05) is 0 Å². The van der Waals surface area contributed by atoms with Crippen molar-refractivity contribution in [3.63, 3.8) is 0 Å². The fraction of sp³-hybridized carbons (Fsp3) is 0.950. The molecular formula is C20H36F4O4. The van der Waals surface area contributed by atoms with Crippen LogP contribution in [0.1, 0.15) is 66.1 Å². The molecule has 3 aliphatic carbocycles. The number of halogens is 4. The Bertz CT molecular complexity index is 481. The van der Waals surface area contributed by atoms with Gasteiger partial charge in [0.2, 0.25) is 0 Å². The number of hydrogen-bond acceptors (Lipinski definition) is 2. The molecule has 0 spiro atoms. The van der Waals surface area contributed by atoms with Crippen LogP contribution < -0.4 is 0 Å². The van der Waals surface area contributed by atoms with Crippen LogP contribution >= 0.6 is 0 Å². The summed E-state index contributed by atoms with van der Waals surface area (Å²) in [7, 11) is 0. The third-order valence-electron chi connectivity index (χ3n) is 6.76. The van der Waals surface area contributed by atoms with Gasteiger partial charge in [0.05, 0.1) is 5.92 Å². The summed E-state index contributed by atoms with van der Waals surface area (Å²) in [6.07, 6.45) is -2.98. The second-order valence-corrected chi connectivity index (χ2v) is 8.72. The van der Waals surface area contributed by atoms with Gasteiger partial charge in [-0.3, -0.25) is 4.79 Å². The number of alkyl halides is 4. The summed E-state index contributed by atoms with van der Waals surface area (Å²) in [6, 6.07) is 0. The largest absolute Gasteiger partial charge is 0.462 e. The van der Waals surface area contributed by atoms with Gasteiger partial charge in [0, 0.05) is 7.85 Å². The first-order valence-corrected chi connectivity index (χ1v) is 10.1. The van der Waals surface area contributed by atoms with Crippen LogP contribution in [0.3, 0.4) is 0 Å². The molecule has 0 aromatic rings. The number of carbonyl (C=O) groups is 1. The van der Waals surface area contributed by atoms with E-state index >= 15 is 0 Å².